The van der Waals surface area contributed by atoms with Crippen molar-refractivity contribution >= 4 is 44.6 Å². The van der Waals surface area contributed by atoms with Crippen LogP contribution < -0.4 is 10.6 Å². The number of rotatable bonds is 9. The van der Waals surface area contributed by atoms with Crippen LogP contribution in [0.2, 0.25) is 0 Å². The van der Waals surface area contributed by atoms with Gasteiger partial charge < -0.3 is 25.6 Å². The first-order valence-electron chi connectivity index (χ1n) is 10.4. The second-order valence-electron chi connectivity index (χ2n) is 7.40. The van der Waals surface area contributed by atoms with Crippen LogP contribution in [0.3, 0.4) is 0 Å². The molecular weight excluding hydrogens is 478 g/mol. The molecule has 2 heterocycles. The number of hydrogen-bond donors (Lipinski definition) is 4. The molecule has 0 bridgehead atoms. The number of nitrogens with zero attached hydrogens (tertiary/aromatic N) is 3. The fourth-order valence-corrected chi connectivity index (χ4v) is 4.88. The molecule has 0 radical (unpaired) electrons. The van der Waals surface area contributed by atoms with Crippen LogP contribution in [-0.4, -0.2) is 56.0 Å². The zero-order valence-corrected chi connectivity index (χ0v) is 20.7. The molecule has 2 atom stereocenters. The topological polar surface area (TPSA) is 146 Å². The molecule has 0 saturated heterocycles. The van der Waals surface area contributed by atoms with Gasteiger partial charge in [0.15, 0.2) is 0 Å². The summed E-state index contributed by atoms with van der Waals surface area (Å²) in [6, 6.07) is 8.22. The lowest BCUT2D eigenvalue weighted by Crippen LogP contribution is -2.21. The van der Waals surface area contributed by atoms with Gasteiger partial charge in [0.1, 0.15) is 5.82 Å². The molecule has 1 aromatic carbocycles. The second kappa shape index (κ2) is 11.4. The second-order valence-corrected chi connectivity index (χ2v) is 10.6. The first kappa shape index (κ1) is 25.6. The lowest BCUT2D eigenvalue weighted by Gasteiger charge is -2.16. The van der Waals surface area contributed by atoms with E-state index >= 15 is 0 Å². The number of aliphatic hydroxyl groups is 2. The smallest absolute Gasteiger partial charge is 0.442 e. The molecule has 12 heteroatoms. The van der Waals surface area contributed by atoms with Crippen LogP contribution >= 0.6 is 11.3 Å². The van der Waals surface area contributed by atoms with E-state index in [4.69, 9.17) is 4.74 Å². The first-order valence-corrected chi connectivity index (χ1v) is 13.2. The molecular formula is C22H27N5O5S2. The van der Waals surface area contributed by atoms with Gasteiger partial charge in [-0.2, -0.15) is 4.98 Å². The van der Waals surface area contributed by atoms with Crippen LogP contribution in [0.4, 0.5) is 22.2 Å². The average molecular weight is 506 g/mol. The lowest BCUT2D eigenvalue weighted by atomic mass is 10.2. The molecule has 0 aliphatic heterocycles. The zero-order valence-electron chi connectivity index (χ0n) is 19.0. The summed E-state index contributed by atoms with van der Waals surface area (Å²) >= 11 is 1.46. The number of ether oxygens (including phenoxy) is 1. The predicted octanol–water partition coefficient (Wildman–Crippen LogP) is 3.85. The van der Waals surface area contributed by atoms with Crippen LogP contribution in [0, 0.1) is 0 Å². The molecule has 1 unspecified atom stereocenters. The van der Waals surface area contributed by atoms with Crippen molar-refractivity contribution in [1.29, 1.82) is 0 Å². The van der Waals surface area contributed by atoms with E-state index in [0.717, 1.165) is 16.0 Å². The highest BCUT2D eigenvalue weighted by molar-refractivity contribution is 7.93. The molecule has 0 aliphatic rings. The van der Waals surface area contributed by atoms with E-state index < -0.39 is 15.8 Å². The largest absolute Gasteiger partial charge is 0.448 e. The lowest BCUT2D eigenvalue weighted by molar-refractivity contribution is 0.164. The van der Waals surface area contributed by atoms with Gasteiger partial charge in [0.05, 0.1) is 35.1 Å². The van der Waals surface area contributed by atoms with Crippen molar-refractivity contribution in [1.82, 2.24) is 9.97 Å². The molecule has 34 heavy (non-hydrogen) atoms. The van der Waals surface area contributed by atoms with Crippen molar-refractivity contribution in [2.45, 2.75) is 31.4 Å². The highest BCUT2D eigenvalue weighted by Gasteiger charge is 2.15. The van der Waals surface area contributed by atoms with Gasteiger partial charge in [-0.05, 0) is 55.1 Å². The van der Waals surface area contributed by atoms with E-state index in [9.17, 15) is 19.2 Å². The summed E-state index contributed by atoms with van der Waals surface area (Å²) in [6.45, 7) is 3.50. The van der Waals surface area contributed by atoms with Crippen molar-refractivity contribution in [2.24, 2.45) is 4.36 Å². The number of aromatic nitrogens is 2. The van der Waals surface area contributed by atoms with E-state index in [1.807, 2.05) is 18.4 Å². The minimum Gasteiger partial charge on any atom is -0.448 e. The number of anilines is 3. The summed E-state index contributed by atoms with van der Waals surface area (Å²) in [4.78, 5) is 21.8. The molecule has 3 rings (SSSR count). The highest BCUT2D eigenvalue weighted by atomic mass is 32.2. The molecule has 1 amide bonds. The first-order chi connectivity index (χ1) is 16.2. The Bertz CT molecular complexity index is 1250. The summed E-state index contributed by atoms with van der Waals surface area (Å²) in [5, 5.41) is 27.0. The Balaban J connectivity index is 1.85. The number of hydrogen-bond acceptors (Lipinski definition) is 10. The Kier molecular flexibility index (Phi) is 8.56. The number of benzene rings is 1. The highest BCUT2D eigenvalue weighted by Crippen LogP contribution is 2.33. The Hall–Kier alpha value is -3.06. The van der Waals surface area contributed by atoms with E-state index in [2.05, 4.69) is 25.0 Å². The van der Waals surface area contributed by atoms with Crippen molar-refractivity contribution in [3.05, 3.63) is 47.5 Å². The maximum Gasteiger partial charge on any atom is 0.442 e. The molecule has 0 aliphatic carbocycles. The van der Waals surface area contributed by atoms with Crippen molar-refractivity contribution in [2.75, 3.05) is 30.1 Å². The number of thiophene rings is 1. The molecule has 0 fully saturated rings. The monoisotopic (exact) mass is 505 g/mol. The maximum atomic E-state index is 12.8. The molecule has 0 spiro atoms. The van der Waals surface area contributed by atoms with E-state index in [0.29, 0.717) is 22.3 Å². The number of nitrogens with one attached hydrogen (secondary N) is 2. The minimum absolute atomic E-state index is 0.0556. The molecule has 4 N–H and O–H groups in total. The van der Waals surface area contributed by atoms with Crippen molar-refractivity contribution in [3.8, 4) is 10.4 Å². The third-order valence-electron chi connectivity index (χ3n) is 4.61. The standard InChI is InChI=1S/C22H27N5O5S2/c1-4-32-22(30)27-34(3,31)17-7-5-16(6-8-17)25-21-23-10-18(19-9-15(12-29)13-33-19)20(26-21)24-14(2)11-28/h5-10,13-14,28-29H,4,11-12H2,1-3H3,(H2,23,24,25,26)/t14-,34?/m1/s1. The molecule has 0 saturated carbocycles. The number of amides is 1. The van der Waals surface area contributed by atoms with Crippen LogP contribution in [0.15, 0.2) is 51.2 Å². The van der Waals surface area contributed by atoms with Gasteiger partial charge in [-0.25, -0.2) is 14.0 Å². The quantitative estimate of drug-likeness (QED) is 0.340. The van der Waals surface area contributed by atoms with Gasteiger partial charge in [0.25, 0.3) is 0 Å². The van der Waals surface area contributed by atoms with E-state index in [-0.39, 0.29) is 25.9 Å². The molecule has 3 aromatic rings. The van der Waals surface area contributed by atoms with E-state index in [1.54, 1.807) is 37.4 Å². The van der Waals surface area contributed by atoms with Crippen LogP contribution in [0.5, 0.6) is 0 Å². The van der Waals surface area contributed by atoms with Crippen LogP contribution in [0.25, 0.3) is 10.4 Å². The molecule has 10 nitrogen and oxygen atoms in total. The summed E-state index contributed by atoms with van der Waals surface area (Å²) in [5.41, 5.74) is 2.19. The maximum absolute atomic E-state index is 12.8. The summed E-state index contributed by atoms with van der Waals surface area (Å²) in [7, 11) is -2.94. The third-order valence-corrected chi connectivity index (χ3v) is 7.27. The summed E-state index contributed by atoms with van der Waals surface area (Å²) in [6.07, 6.45) is 2.18. The molecule has 2 aromatic heterocycles. The fraction of sp³-hybridized carbons (Fsp3) is 0.318. The predicted molar refractivity (Wildman–Crippen MR) is 133 cm³/mol. The normalized spacial score (nSPS) is 13.6. The number of aliphatic hydroxyl groups excluding tert-OH is 2. The van der Waals surface area contributed by atoms with Gasteiger partial charge in [-0.15, -0.1) is 15.7 Å². The van der Waals surface area contributed by atoms with Gasteiger partial charge in [-0.3, -0.25) is 0 Å². The SMILES string of the molecule is CCOC(=O)N=S(C)(=O)c1ccc(Nc2ncc(-c3cc(CO)cs3)c(N[C@H](C)CO)n2)cc1. The van der Waals surface area contributed by atoms with Crippen molar-refractivity contribution in [3.63, 3.8) is 0 Å². The van der Waals surface area contributed by atoms with Gasteiger partial charge in [0.2, 0.25) is 5.95 Å². The minimum atomic E-state index is -2.94. The third kappa shape index (κ3) is 6.50. The Morgan fingerprint density at radius 3 is 2.65 bits per heavy atom. The van der Waals surface area contributed by atoms with Crippen LogP contribution in [-0.2, 0) is 21.1 Å². The van der Waals surface area contributed by atoms with Gasteiger partial charge in [0, 0.05) is 34.0 Å². The summed E-state index contributed by atoms with van der Waals surface area (Å²) < 4.78 is 21.2. The number of carbonyl (C=O) groups is 1. The fourth-order valence-electron chi connectivity index (χ4n) is 2.88. The van der Waals surface area contributed by atoms with Gasteiger partial charge in [-0.1, -0.05) is 0 Å². The van der Waals surface area contributed by atoms with Gasteiger partial charge >= 0.3 is 6.09 Å². The molecule has 182 valence electrons. The summed E-state index contributed by atoms with van der Waals surface area (Å²) in [5.74, 6) is 0.850. The van der Waals surface area contributed by atoms with Crippen molar-refractivity contribution < 1.29 is 24.0 Å². The Labute approximate surface area is 202 Å². The Morgan fingerprint density at radius 1 is 1.29 bits per heavy atom. The van der Waals surface area contributed by atoms with Crippen LogP contribution in [0.1, 0.15) is 19.4 Å². The zero-order chi connectivity index (χ0) is 24.7. The average Bonchev–Trinajstić information content (AvgIpc) is 3.28. The van der Waals surface area contributed by atoms with E-state index in [1.165, 1.54) is 17.6 Å². The Morgan fingerprint density at radius 2 is 2.03 bits per heavy atom. The number of carbonyl (C=O) groups excluding carboxylic acids is 1.